The van der Waals surface area contributed by atoms with Crippen molar-refractivity contribution in [2.45, 2.75) is 39.9 Å². The number of methoxy groups -OCH3 is 1. The van der Waals surface area contributed by atoms with E-state index in [4.69, 9.17) is 4.74 Å². The standard InChI is InChI=1S/C25H35N3O2/c1-5-27(20(2)3)19-22-6-10-23(11-7-22)25(29)28-16-14-26(15-17-28)18-21-8-12-24(30-4)13-9-21/h6-13,20H,5,14-19H2,1-4H3. The molecule has 5 heteroatoms. The molecule has 0 saturated carbocycles. The second-order valence-corrected chi connectivity index (χ2v) is 8.27. The summed E-state index contributed by atoms with van der Waals surface area (Å²) in [7, 11) is 1.68. The van der Waals surface area contributed by atoms with Crippen LogP contribution in [0, 0.1) is 0 Å². The topological polar surface area (TPSA) is 36.0 Å². The van der Waals surface area contributed by atoms with Gasteiger partial charge >= 0.3 is 0 Å². The van der Waals surface area contributed by atoms with Gasteiger partial charge in [0.2, 0.25) is 0 Å². The molecule has 5 nitrogen and oxygen atoms in total. The van der Waals surface area contributed by atoms with E-state index in [0.717, 1.165) is 57.1 Å². The predicted molar refractivity (Wildman–Crippen MR) is 122 cm³/mol. The number of rotatable bonds is 8. The molecule has 1 fully saturated rings. The maximum absolute atomic E-state index is 12.9. The van der Waals surface area contributed by atoms with Gasteiger partial charge in [-0.25, -0.2) is 0 Å². The van der Waals surface area contributed by atoms with Gasteiger partial charge in [0.05, 0.1) is 7.11 Å². The maximum Gasteiger partial charge on any atom is 0.253 e. The van der Waals surface area contributed by atoms with Crippen LogP contribution in [-0.4, -0.2) is 66.5 Å². The van der Waals surface area contributed by atoms with Crippen LogP contribution in [0.1, 0.15) is 42.3 Å². The third-order valence-electron chi connectivity index (χ3n) is 5.95. The van der Waals surface area contributed by atoms with E-state index < -0.39 is 0 Å². The zero-order valence-corrected chi connectivity index (χ0v) is 18.8. The van der Waals surface area contributed by atoms with Gasteiger partial charge in [0.25, 0.3) is 5.91 Å². The first-order valence-corrected chi connectivity index (χ1v) is 11.0. The number of ether oxygens (including phenoxy) is 1. The second-order valence-electron chi connectivity index (χ2n) is 8.27. The molecule has 0 atom stereocenters. The number of hydrogen-bond donors (Lipinski definition) is 0. The molecule has 30 heavy (non-hydrogen) atoms. The number of hydrogen-bond acceptors (Lipinski definition) is 4. The monoisotopic (exact) mass is 409 g/mol. The lowest BCUT2D eigenvalue weighted by Gasteiger charge is -2.35. The normalized spacial score (nSPS) is 15.1. The van der Waals surface area contributed by atoms with Gasteiger partial charge in [0, 0.05) is 50.9 Å². The van der Waals surface area contributed by atoms with Crippen LogP contribution in [0.2, 0.25) is 0 Å². The Hall–Kier alpha value is -2.37. The quantitative estimate of drug-likeness (QED) is 0.663. The summed E-state index contributed by atoms with van der Waals surface area (Å²) in [6.45, 7) is 12.8. The summed E-state index contributed by atoms with van der Waals surface area (Å²) in [4.78, 5) is 19.7. The average Bonchev–Trinajstić information content (AvgIpc) is 2.78. The smallest absolute Gasteiger partial charge is 0.253 e. The highest BCUT2D eigenvalue weighted by Gasteiger charge is 2.22. The van der Waals surface area contributed by atoms with Gasteiger partial charge in [-0.1, -0.05) is 31.2 Å². The lowest BCUT2D eigenvalue weighted by Crippen LogP contribution is -2.48. The summed E-state index contributed by atoms with van der Waals surface area (Å²) in [5.41, 5.74) is 3.31. The highest BCUT2D eigenvalue weighted by atomic mass is 16.5. The summed E-state index contributed by atoms with van der Waals surface area (Å²) in [6.07, 6.45) is 0. The molecule has 0 bridgehead atoms. The van der Waals surface area contributed by atoms with Crippen molar-refractivity contribution in [1.29, 1.82) is 0 Å². The number of carbonyl (C=O) groups excluding carboxylic acids is 1. The first-order chi connectivity index (χ1) is 14.5. The molecule has 0 unspecified atom stereocenters. The predicted octanol–water partition coefficient (Wildman–Crippen LogP) is 3.88. The van der Waals surface area contributed by atoms with Crippen LogP contribution in [0.4, 0.5) is 0 Å². The number of piperazine rings is 1. The third-order valence-corrected chi connectivity index (χ3v) is 5.95. The number of benzene rings is 2. The van der Waals surface area contributed by atoms with Crippen molar-refractivity contribution < 1.29 is 9.53 Å². The van der Waals surface area contributed by atoms with Crippen molar-refractivity contribution in [2.75, 3.05) is 39.8 Å². The summed E-state index contributed by atoms with van der Waals surface area (Å²) in [5.74, 6) is 1.02. The van der Waals surface area contributed by atoms with E-state index >= 15 is 0 Å². The summed E-state index contributed by atoms with van der Waals surface area (Å²) in [6, 6.07) is 16.9. The van der Waals surface area contributed by atoms with Crippen molar-refractivity contribution in [3.63, 3.8) is 0 Å². The molecule has 0 spiro atoms. The van der Waals surface area contributed by atoms with E-state index in [9.17, 15) is 4.79 Å². The van der Waals surface area contributed by atoms with Crippen LogP contribution in [0.5, 0.6) is 5.75 Å². The molecule has 0 N–H and O–H groups in total. The van der Waals surface area contributed by atoms with E-state index in [-0.39, 0.29) is 5.91 Å². The Morgan fingerprint density at radius 3 is 2.10 bits per heavy atom. The first-order valence-electron chi connectivity index (χ1n) is 11.0. The Morgan fingerprint density at radius 2 is 1.57 bits per heavy atom. The van der Waals surface area contributed by atoms with Crippen molar-refractivity contribution in [2.24, 2.45) is 0 Å². The second kappa shape index (κ2) is 10.6. The van der Waals surface area contributed by atoms with Crippen LogP contribution < -0.4 is 4.74 Å². The van der Waals surface area contributed by atoms with E-state index in [0.29, 0.717) is 6.04 Å². The maximum atomic E-state index is 12.9. The molecule has 1 amide bonds. The Balaban J connectivity index is 1.50. The van der Waals surface area contributed by atoms with E-state index in [1.54, 1.807) is 7.11 Å². The lowest BCUT2D eigenvalue weighted by atomic mass is 10.1. The van der Waals surface area contributed by atoms with E-state index in [1.807, 2.05) is 29.2 Å². The van der Waals surface area contributed by atoms with Crippen molar-refractivity contribution in [3.8, 4) is 5.75 Å². The number of nitrogens with zero attached hydrogens (tertiary/aromatic N) is 3. The van der Waals surface area contributed by atoms with Crippen molar-refractivity contribution in [3.05, 3.63) is 65.2 Å². The molecule has 1 aliphatic rings. The van der Waals surface area contributed by atoms with Crippen LogP contribution in [0.25, 0.3) is 0 Å². The minimum atomic E-state index is 0.141. The zero-order chi connectivity index (χ0) is 21.5. The molecule has 0 aromatic heterocycles. The van der Waals surface area contributed by atoms with Crippen molar-refractivity contribution >= 4 is 5.91 Å². The summed E-state index contributed by atoms with van der Waals surface area (Å²) < 4.78 is 5.22. The Kier molecular flexibility index (Phi) is 7.88. The minimum Gasteiger partial charge on any atom is -0.497 e. The zero-order valence-electron chi connectivity index (χ0n) is 18.8. The van der Waals surface area contributed by atoms with Gasteiger partial charge in [-0.3, -0.25) is 14.6 Å². The first kappa shape index (κ1) is 22.3. The number of carbonyl (C=O) groups is 1. The molecule has 1 saturated heterocycles. The summed E-state index contributed by atoms with van der Waals surface area (Å²) >= 11 is 0. The fourth-order valence-electron chi connectivity index (χ4n) is 3.93. The lowest BCUT2D eigenvalue weighted by molar-refractivity contribution is 0.0628. The van der Waals surface area contributed by atoms with Crippen LogP contribution in [-0.2, 0) is 13.1 Å². The third kappa shape index (κ3) is 5.83. The van der Waals surface area contributed by atoms with E-state index in [1.165, 1.54) is 11.1 Å². The number of amides is 1. The van der Waals surface area contributed by atoms with Gasteiger partial charge in [-0.05, 0) is 55.8 Å². The fraction of sp³-hybridized carbons (Fsp3) is 0.480. The summed E-state index contributed by atoms with van der Waals surface area (Å²) in [5, 5.41) is 0. The molecule has 162 valence electrons. The highest BCUT2D eigenvalue weighted by Crippen LogP contribution is 2.16. The van der Waals surface area contributed by atoms with Gasteiger partial charge < -0.3 is 9.64 Å². The molecule has 1 heterocycles. The Labute approximate surface area is 181 Å². The van der Waals surface area contributed by atoms with Crippen molar-refractivity contribution in [1.82, 2.24) is 14.7 Å². The van der Waals surface area contributed by atoms with Crippen LogP contribution in [0.15, 0.2) is 48.5 Å². The largest absolute Gasteiger partial charge is 0.497 e. The minimum absolute atomic E-state index is 0.141. The molecular weight excluding hydrogens is 374 g/mol. The van der Waals surface area contributed by atoms with E-state index in [2.05, 4.69) is 54.8 Å². The molecule has 3 rings (SSSR count). The SMILES string of the molecule is CCN(Cc1ccc(C(=O)N2CCN(Cc3ccc(OC)cc3)CC2)cc1)C(C)C. The van der Waals surface area contributed by atoms with Gasteiger partial charge in [0.15, 0.2) is 0 Å². The molecule has 0 radical (unpaired) electrons. The van der Waals surface area contributed by atoms with Crippen LogP contribution in [0.3, 0.4) is 0 Å². The average molecular weight is 410 g/mol. The molecule has 1 aliphatic heterocycles. The fourth-order valence-corrected chi connectivity index (χ4v) is 3.93. The molecule has 0 aliphatic carbocycles. The van der Waals surface area contributed by atoms with Crippen LogP contribution >= 0.6 is 0 Å². The van der Waals surface area contributed by atoms with Gasteiger partial charge in [-0.2, -0.15) is 0 Å². The Morgan fingerprint density at radius 1 is 0.967 bits per heavy atom. The van der Waals surface area contributed by atoms with Gasteiger partial charge in [-0.15, -0.1) is 0 Å². The highest BCUT2D eigenvalue weighted by molar-refractivity contribution is 5.94. The Bertz CT molecular complexity index is 794. The molecular formula is C25H35N3O2. The molecule has 2 aromatic carbocycles. The van der Waals surface area contributed by atoms with Gasteiger partial charge in [0.1, 0.15) is 5.75 Å². The molecule has 2 aromatic rings.